The SMILES string of the molecule is CCOc1cccc(CN(C)C(=O)c2ccc(C)c(N3CCCCS3(=O)=O)c2)c1. The second-order valence-electron chi connectivity index (χ2n) is 7.34. The van der Waals surface area contributed by atoms with Crippen LogP contribution in [0.2, 0.25) is 0 Å². The van der Waals surface area contributed by atoms with Gasteiger partial charge in [0.2, 0.25) is 10.0 Å². The molecule has 29 heavy (non-hydrogen) atoms. The Hall–Kier alpha value is -2.54. The van der Waals surface area contributed by atoms with E-state index in [0.29, 0.717) is 37.4 Å². The molecule has 1 amide bonds. The Balaban J connectivity index is 1.81. The topological polar surface area (TPSA) is 66.9 Å². The maximum atomic E-state index is 13.0. The molecule has 0 aromatic heterocycles. The molecule has 1 saturated heterocycles. The van der Waals surface area contributed by atoms with Gasteiger partial charge in [0.05, 0.1) is 18.0 Å². The van der Waals surface area contributed by atoms with Crippen LogP contribution in [-0.2, 0) is 16.6 Å². The highest BCUT2D eigenvalue weighted by Crippen LogP contribution is 2.28. The molecule has 7 heteroatoms. The van der Waals surface area contributed by atoms with Gasteiger partial charge in [0.15, 0.2) is 0 Å². The second-order valence-corrected chi connectivity index (χ2v) is 9.35. The molecule has 2 aromatic carbocycles. The minimum Gasteiger partial charge on any atom is -0.494 e. The van der Waals surface area contributed by atoms with Crippen molar-refractivity contribution in [3.05, 3.63) is 59.2 Å². The molecule has 3 rings (SSSR count). The number of benzene rings is 2. The lowest BCUT2D eigenvalue weighted by Crippen LogP contribution is -2.38. The van der Waals surface area contributed by atoms with Crippen LogP contribution < -0.4 is 9.04 Å². The van der Waals surface area contributed by atoms with Crippen LogP contribution >= 0.6 is 0 Å². The number of hydrogen-bond donors (Lipinski definition) is 0. The summed E-state index contributed by atoms with van der Waals surface area (Å²) in [6.07, 6.45) is 1.51. The highest BCUT2D eigenvalue weighted by Gasteiger charge is 2.28. The van der Waals surface area contributed by atoms with E-state index in [-0.39, 0.29) is 11.7 Å². The van der Waals surface area contributed by atoms with E-state index in [4.69, 9.17) is 4.74 Å². The van der Waals surface area contributed by atoms with Crippen molar-refractivity contribution in [2.24, 2.45) is 0 Å². The van der Waals surface area contributed by atoms with E-state index in [1.807, 2.05) is 44.2 Å². The quantitative estimate of drug-likeness (QED) is 0.722. The summed E-state index contributed by atoms with van der Waals surface area (Å²) in [5.41, 5.74) is 2.90. The van der Waals surface area contributed by atoms with E-state index in [2.05, 4.69) is 0 Å². The van der Waals surface area contributed by atoms with E-state index >= 15 is 0 Å². The highest BCUT2D eigenvalue weighted by atomic mass is 32.2. The lowest BCUT2D eigenvalue weighted by atomic mass is 10.1. The lowest BCUT2D eigenvalue weighted by Gasteiger charge is -2.30. The first-order valence-corrected chi connectivity index (χ1v) is 11.5. The van der Waals surface area contributed by atoms with Gasteiger partial charge in [-0.3, -0.25) is 9.10 Å². The van der Waals surface area contributed by atoms with Crippen LogP contribution in [0.1, 0.15) is 41.3 Å². The Bertz CT molecular complexity index is 988. The van der Waals surface area contributed by atoms with Crippen LogP contribution in [0.15, 0.2) is 42.5 Å². The Morgan fingerprint density at radius 2 is 1.97 bits per heavy atom. The predicted molar refractivity (Wildman–Crippen MR) is 115 cm³/mol. The molecular formula is C22H28N2O4S. The third-order valence-corrected chi connectivity index (χ3v) is 6.91. The molecule has 1 aliphatic heterocycles. The smallest absolute Gasteiger partial charge is 0.253 e. The zero-order chi connectivity index (χ0) is 21.0. The number of nitrogens with zero attached hydrogens (tertiary/aromatic N) is 2. The monoisotopic (exact) mass is 416 g/mol. The summed E-state index contributed by atoms with van der Waals surface area (Å²) in [5.74, 6) is 0.780. The molecule has 1 aliphatic rings. The summed E-state index contributed by atoms with van der Waals surface area (Å²) in [4.78, 5) is 14.6. The molecule has 0 bridgehead atoms. The van der Waals surface area contributed by atoms with Crippen molar-refractivity contribution in [2.45, 2.75) is 33.2 Å². The van der Waals surface area contributed by atoms with E-state index in [1.165, 1.54) is 4.31 Å². The molecule has 2 aromatic rings. The number of carbonyl (C=O) groups excluding carboxylic acids is 1. The van der Waals surface area contributed by atoms with E-state index in [1.54, 1.807) is 24.1 Å². The molecule has 1 fully saturated rings. The van der Waals surface area contributed by atoms with Gasteiger partial charge in [-0.15, -0.1) is 0 Å². The van der Waals surface area contributed by atoms with Crippen molar-refractivity contribution in [3.8, 4) is 5.75 Å². The summed E-state index contributed by atoms with van der Waals surface area (Å²) >= 11 is 0. The summed E-state index contributed by atoms with van der Waals surface area (Å²) in [6, 6.07) is 12.9. The first-order valence-electron chi connectivity index (χ1n) is 9.90. The zero-order valence-corrected chi connectivity index (χ0v) is 18.0. The summed E-state index contributed by atoms with van der Waals surface area (Å²) < 4.78 is 32.0. The van der Waals surface area contributed by atoms with Crippen molar-refractivity contribution >= 4 is 21.6 Å². The fourth-order valence-corrected chi connectivity index (χ4v) is 5.23. The number of amides is 1. The van der Waals surface area contributed by atoms with E-state index in [9.17, 15) is 13.2 Å². The molecule has 0 unspecified atom stereocenters. The minimum atomic E-state index is -3.33. The van der Waals surface area contributed by atoms with Gasteiger partial charge in [-0.25, -0.2) is 8.42 Å². The molecular weight excluding hydrogens is 388 g/mol. The normalized spacial score (nSPS) is 15.8. The van der Waals surface area contributed by atoms with Crippen molar-refractivity contribution in [1.82, 2.24) is 4.90 Å². The average molecular weight is 417 g/mol. The van der Waals surface area contributed by atoms with Crippen LogP contribution in [0.5, 0.6) is 5.75 Å². The zero-order valence-electron chi connectivity index (χ0n) is 17.2. The maximum Gasteiger partial charge on any atom is 0.253 e. The van der Waals surface area contributed by atoms with E-state index < -0.39 is 10.0 Å². The number of hydrogen-bond acceptors (Lipinski definition) is 4. The van der Waals surface area contributed by atoms with Crippen LogP contribution in [0.4, 0.5) is 5.69 Å². The number of sulfonamides is 1. The van der Waals surface area contributed by atoms with E-state index in [0.717, 1.165) is 23.3 Å². The van der Waals surface area contributed by atoms with Crippen molar-refractivity contribution < 1.29 is 17.9 Å². The second kappa shape index (κ2) is 8.86. The third kappa shape index (κ3) is 4.90. The van der Waals surface area contributed by atoms with Crippen LogP contribution in [0, 0.1) is 6.92 Å². The Morgan fingerprint density at radius 1 is 1.17 bits per heavy atom. The van der Waals surface area contributed by atoms with Gasteiger partial charge in [0.1, 0.15) is 5.75 Å². The molecule has 156 valence electrons. The number of ether oxygens (including phenoxy) is 1. The summed E-state index contributed by atoms with van der Waals surface area (Å²) in [7, 11) is -1.58. The summed E-state index contributed by atoms with van der Waals surface area (Å²) in [5, 5.41) is 0. The number of aryl methyl sites for hydroxylation is 1. The number of anilines is 1. The van der Waals surface area contributed by atoms with Crippen LogP contribution in [0.3, 0.4) is 0 Å². The fourth-order valence-electron chi connectivity index (χ4n) is 3.54. The molecule has 0 spiro atoms. The number of carbonyl (C=O) groups is 1. The van der Waals surface area contributed by atoms with Gasteiger partial charge in [-0.2, -0.15) is 0 Å². The fraction of sp³-hybridized carbons (Fsp3) is 0.409. The van der Waals surface area contributed by atoms with Gasteiger partial charge in [-0.1, -0.05) is 18.2 Å². The number of rotatable bonds is 6. The third-order valence-electron chi connectivity index (χ3n) is 5.05. The van der Waals surface area contributed by atoms with Gasteiger partial charge in [0.25, 0.3) is 5.91 Å². The standard InChI is InChI=1S/C22H28N2O4S/c1-4-28-20-9-7-8-18(14-20)16-23(3)22(25)19-11-10-17(2)21(15-19)24-12-5-6-13-29(24,26)27/h7-11,14-15H,4-6,12-13,16H2,1-3H3. The highest BCUT2D eigenvalue weighted by molar-refractivity contribution is 7.92. The molecule has 0 aliphatic carbocycles. The van der Waals surface area contributed by atoms with Gasteiger partial charge >= 0.3 is 0 Å². The predicted octanol–water partition coefficient (Wildman–Crippen LogP) is 3.60. The Kier molecular flexibility index (Phi) is 6.47. The first-order chi connectivity index (χ1) is 13.8. The lowest BCUT2D eigenvalue weighted by molar-refractivity contribution is 0.0785. The van der Waals surface area contributed by atoms with Crippen LogP contribution in [-0.4, -0.2) is 45.2 Å². The maximum absolute atomic E-state index is 13.0. The molecule has 1 heterocycles. The minimum absolute atomic E-state index is 0.150. The van der Waals surface area contributed by atoms with Crippen molar-refractivity contribution in [2.75, 3.05) is 30.3 Å². The van der Waals surface area contributed by atoms with Crippen molar-refractivity contribution in [3.63, 3.8) is 0 Å². The first kappa shape index (κ1) is 21.2. The average Bonchev–Trinajstić information content (AvgIpc) is 2.68. The van der Waals surface area contributed by atoms with Crippen LogP contribution in [0.25, 0.3) is 0 Å². The molecule has 0 N–H and O–H groups in total. The van der Waals surface area contributed by atoms with Gasteiger partial charge < -0.3 is 9.64 Å². The Labute approximate surface area is 173 Å². The summed E-state index contributed by atoms with van der Waals surface area (Å²) in [6.45, 7) is 5.28. The molecule has 6 nitrogen and oxygen atoms in total. The molecule has 0 atom stereocenters. The Morgan fingerprint density at radius 3 is 2.69 bits per heavy atom. The molecule has 0 saturated carbocycles. The van der Waals surface area contributed by atoms with Gasteiger partial charge in [-0.05, 0) is 62.1 Å². The van der Waals surface area contributed by atoms with Gasteiger partial charge in [0, 0.05) is 25.7 Å². The molecule has 0 radical (unpaired) electrons. The van der Waals surface area contributed by atoms with Crippen molar-refractivity contribution in [1.29, 1.82) is 0 Å². The largest absolute Gasteiger partial charge is 0.494 e.